The molecule has 126 valence electrons. The quantitative estimate of drug-likeness (QED) is 0.854. The lowest BCUT2D eigenvalue weighted by Crippen LogP contribution is -2.26. The molecule has 0 spiro atoms. The molecule has 7 heteroatoms. The van der Waals surface area contributed by atoms with E-state index >= 15 is 0 Å². The normalized spacial score (nSPS) is 19.0. The summed E-state index contributed by atoms with van der Waals surface area (Å²) in [4.78, 5) is 12.2. The lowest BCUT2D eigenvalue weighted by Gasteiger charge is -2.20. The van der Waals surface area contributed by atoms with E-state index in [9.17, 15) is 17.6 Å². The third-order valence-electron chi connectivity index (χ3n) is 4.54. The predicted molar refractivity (Wildman–Crippen MR) is 86.4 cm³/mol. The molecule has 1 aromatic carbocycles. The van der Waals surface area contributed by atoms with Crippen LogP contribution in [0.5, 0.6) is 0 Å². The summed E-state index contributed by atoms with van der Waals surface area (Å²) in [6.45, 7) is 1.36. The Morgan fingerprint density at radius 3 is 2.78 bits per heavy atom. The maximum Gasteiger partial charge on any atom is 0.225 e. The maximum atomic E-state index is 14.5. The van der Waals surface area contributed by atoms with Crippen molar-refractivity contribution in [3.05, 3.63) is 29.1 Å². The van der Waals surface area contributed by atoms with E-state index in [4.69, 9.17) is 0 Å². The van der Waals surface area contributed by atoms with Crippen molar-refractivity contribution in [2.45, 2.75) is 32.2 Å². The van der Waals surface area contributed by atoms with Gasteiger partial charge < -0.3 is 10.6 Å². The summed E-state index contributed by atoms with van der Waals surface area (Å²) in [5.41, 5.74) is 1.30. The first-order valence-corrected chi connectivity index (χ1v) is 9.83. The van der Waals surface area contributed by atoms with E-state index in [0.717, 1.165) is 24.9 Å². The zero-order valence-corrected chi connectivity index (χ0v) is 13.9. The van der Waals surface area contributed by atoms with Gasteiger partial charge in [0.15, 0.2) is 0 Å². The number of sulfone groups is 1. The number of anilines is 1. The molecule has 1 heterocycles. The Bertz CT molecular complexity index is 742. The number of hydrogen-bond acceptors (Lipinski definition) is 4. The Kier molecular flexibility index (Phi) is 4.18. The fourth-order valence-electron chi connectivity index (χ4n) is 3.27. The van der Waals surface area contributed by atoms with Gasteiger partial charge in [-0.15, -0.1) is 0 Å². The van der Waals surface area contributed by atoms with Crippen LogP contribution in [0.2, 0.25) is 0 Å². The summed E-state index contributed by atoms with van der Waals surface area (Å²) in [6.07, 6.45) is 3.36. The van der Waals surface area contributed by atoms with Crippen molar-refractivity contribution in [2.24, 2.45) is 5.41 Å². The van der Waals surface area contributed by atoms with Crippen LogP contribution in [0.15, 0.2) is 12.1 Å². The molecular weight excluding hydrogens is 319 g/mol. The van der Waals surface area contributed by atoms with Crippen molar-refractivity contribution in [1.29, 1.82) is 0 Å². The van der Waals surface area contributed by atoms with Crippen LogP contribution in [0.4, 0.5) is 10.1 Å². The van der Waals surface area contributed by atoms with Gasteiger partial charge in [-0.1, -0.05) is 6.07 Å². The number of carbonyl (C=O) groups excluding carboxylic acids is 1. The summed E-state index contributed by atoms with van der Waals surface area (Å²) in [5.74, 6) is -0.671. The number of fused-ring (bicyclic) bond motifs is 1. The predicted octanol–water partition coefficient (Wildman–Crippen LogP) is 1.62. The zero-order valence-electron chi connectivity index (χ0n) is 13.1. The number of rotatable bonds is 5. The van der Waals surface area contributed by atoms with Crippen molar-refractivity contribution >= 4 is 21.4 Å². The molecule has 0 bridgehead atoms. The molecule has 2 aliphatic rings. The number of benzene rings is 1. The molecule has 1 fully saturated rings. The number of amides is 1. The van der Waals surface area contributed by atoms with Crippen LogP contribution in [0.25, 0.3) is 0 Å². The summed E-state index contributed by atoms with van der Waals surface area (Å²) >= 11 is 0. The molecule has 23 heavy (non-hydrogen) atoms. The van der Waals surface area contributed by atoms with E-state index in [-0.39, 0.29) is 29.6 Å². The van der Waals surface area contributed by atoms with Gasteiger partial charge in [-0.3, -0.25) is 4.79 Å². The molecule has 1 aromatic rings. The number of hydrogen-bond donors (Lipinski definition) is 2. The third-order valence-corrected chi connectivity index (χ3v) is 5.68. The van der Waals surface area contributed by atoms with Crippen LogP contribution in [0.3, 0.4) is 0 Å². The molecule has 5 nitrogen and oxygen atoms in total. The Balaban J connectivity index is 1.69. The summed E-state index contributed by atoms with van der Waals surface area (Å²) in [6, 6.07) is 3.40. The van der Waals surface area contributed by atoms with E-state index in [1.807, 2.05) is 6.07 Å². The molecule has 1 amide bonds. The topological polar surface area (TPSA) is 75.3 Å². The lowest BCUT2D eigenvalue weighted by atomic mass is 9.99. The van der Waals surface area contributed by atoms with Crippen molar-refractivity contribution in [3.8, 4) is 0 Å². The van der Waals surface area contributed by atoms with Crippen LogP contribution >= 0.6 is 0 Å². The SMILES string of the molecule is CS(=O)(=O)CC1(CC(=O)Nc2ccc3c(c2F)CCNC3)CC1. The highest BCUT2D eigenvalue weighted by Gasteiger charge is 2.46. The molecule has 1 aliphatic heterocycles. The number of nitrogens with one attached hydrogen (secondary N) is 2. The first kappa shape index (κ1) is 16.4. The summed E-state index contributed by atoms with van der Waals surface area (Å²) in [7, 11) is -3.12. The van der Waals surface area contributed by atoms with E-state index in [1.54, 1.807) is 6.07 Å². The molecule has 0 unspecified atom stereocenters. The minimum Gasteiger partial charge on any atom is -0.324 e. The Morgan fingerprint density at radius 2 is 2.13 bits per heavy atom. The van der Waals surface area contributed by atoms with Crippen LogP contribution in [-0.2, 0) is 27.6 Å². The van der Waals surface area contributed by atoms with Gasteiger partial charge >= 0.3 is 0 Å². The Hall–Kier alpha value is -1.47. The highest BCUT2D eigenvalue weighted by atomic mass is 32.2. The van der Waals surface area contributed by atoms with Crippen LogP contribution in [-0.4, -0.2) is 32.9 Å². The first-order valence-electron chi connectivity index (χ1n) is 7.77. The Labute approximate surface area is 135 Å². The smallest absolute Gasteiger partial charge is 0.225 e. The standard InChI is InChI=1S/C16H21FN2O3S/c1-23(21,22)10-16(5-6-16)8-14(20)19-13-3-2-11-9-18-7-4-12(11)15(13)17/h2-3,18H,4-10H2,1H3,(H,19,20). The van der Waals surface area contributed by atoms with Gasteiger partial charge in [0.05, 0.1) is 11.4 Å². The minimum atomic E-state index is -3.12. The van der Waals surface area contributed by atoms with Crippen molar-refractivity contribution in [3.63, 3.8) is 0 Å². The molecule has 0 saturated heterocycles. The van der Waals surface area contributed by atoms with Crippen LogP contribution in [0.1, 0.15) is 30.4 Å². The van der Waals surface area contributed by atoms with E-state index in [1.165, 1.54) is 6.26 Å². The zero-order chi connectivity index (χ0) is 16.7. The fourth-order valence-corrected chi connectivity index (χ4v) is 4.77. The van der Waals surface area contributed by atoms with Gasteiger partial charge in [0.1, 0.15) is 15.7 Å². The second kappa shape index (κ2) is 5.87. The van der Waals surface area contributed by atoms with Gasteiger partial charge in [0, 0.05) is 19.2 Å². The average molecular weight is 340 g/mol. The van der Waals surface area contributed by atoms with E-state index < -0.39 is 15.3 Å². The highest BCUT2D eigenvalue weighted by molar-refractivity contribution is 7.90. The molecule has 2 N–H and O–H groups in total. The van der Waals surface area contributed by atoms with Gasteiger partial charge in [-0.2, -0.15) is 0 Å². The average Bonchev–Trinajstić information content (AvgIpc) is 3.19. The van der Waals surface area contributed by atoms with Crippen molar-refractivity contribution in [2.75, 3.05) is 23.9 Å². The van der Waals surface area contributed by atoms with E-state index in [0.29, 0.717) is 18.5 Å². The number of halogens is 1. The van der Waals surface area contributed by atoms with Crippen molar-refractivity contribution < 1.29 is 17.6 Å². The van der Waals surface area contributed by atoms with Gasteiger partial charge in [-0.25, -0.2) is 12.8 Å². The monoisotopic (exact) mass is 340 g/mol. The molecule has 3 rings (SSSR count). The second-order valence-electron chi connectivity index (χ2n) is 6.79. The fraction of sp³-hybridized carbons (Fsp3) is 0.562. The van der Waals surface area contributed by atoms with Gasteiger partial charge in [0.25, 0.3) is 0 Å². The molecule has 1 saturated carbocycles. The Morgan fingerprint density at radius 1 is 1.39 bits per heavy atom. The number of carbonyl (C=O) groups is 1. The van der Waals surface area contributed by atoms with Gasteiger partial charge in [0.2, 0.25) is 5.91 Å². The molecule has 0 atom stereocenters. The molecule has 0 radical (unpaired) electrons. The van der Waals surface area contributed by atoms with Crippen molar-refractivity contribution in [1.82, 2.24) is 5.32 Å². The molecule has 0 aromatic heterocycles. The maximum absolute atomic E-state index is 14.5. The van der Waals surface area contributed by atoms with E-state index in [2.05, 4.69) is 10.6 Å². The van der Waals surface area contributed by atoms with Crippen LogP contribution in [0, 0.1) is 11.2 Å². The summed E-state index contributed by atoms with van der Waals surface area (Å²) in [5, 5.41) is 5.79. The second-order valence-corrected chi connectivity index (χ2v) is 8.93. The largest absolute Gasteiger partial charge is 0.324 e. The van der Waals surface area contributed by atoms with Gasteiger partial charge in [-0.05, 0) is 48.4 Å². The minimum absolute atomic E-state index is 0.0196. The lowest BCUT2D eigenvalue weighted by molar-refractivity contribution is -0.117. The third kappa shape index (κ3) is 3.90. The summed E-state index contributed by atoms with van der Waals surface area (Å²) < 4.78 is 37.4. The molecular formula is C16H21FN2O3S. The highest BCUT2D eigenvalue weighted by Crippen LogP contribution is 2.49. The molecule has 1 aliphatic carbocycles. The first-order chi connectivity index (χ1) is 10.8. The van der Waals surface area contributed by atoms with Crippen LogP contribution < -0.4 is 10.6 Å².